The summed E-state index contributed by atoms with van der Waals surface area (Å²) < 4.78 is 8.88. The molecule has 49 valence electrons. The molecule has 8 heavy (non-hydrogen) atoms. The van der Waals surface area contributed by atoms with Gasteiger partial charge in [-0.2, -0.15) is 0 Å². The van der Waals surface area contributed by atoms with Crippen LogP contribution in [0, 0.1) is 0 Å². The molecule has 0 aromatic rings. The standard InChI is InChI=1S/Ca.Cu.Na.H3O4P.3H/c;;;1-5(2,3)4;;;/h;;;(H3,1,2,3,4);;;/q+2;;+1;;3*-1. The maximum atomic E-state index is 8.88. The third-order valence-corrected chi connectivity index (χ3v) is 0. The summed E-state index contributed by atoms with van der Waals surface area (Å²) in [7, 11) is -4.64. The van der Waals surface area contributed by atoms with Gasteiger partial charge >= 0.3 is 75.1 Å². The van der Waals surface area contributed by atoms with Gasteiger partial charge in [-0.15, -0.1) is 0 Å². The topological polar surface area (TPSA) is 77.8 Å². The first-order valence-electron chi connectivity index (χ1n) is 0.783. The molecule has 1 radical (unpaired) electrons. The van der Waals surface area contributed by atoms with E-state index in [1.165, 1.54) is 0 Å². The van der Waals surface area contributed by atoms with Crippen LogP contribution >= 0.6 is 7.82 Å². The van der Waals surface area contributed by atoms with Crippen molar-refractivity contribution < 1.29 is 70.2 Å². The zero-order chi connectivity index (χ0) is 4.50. The van der Waals surface area contributed by atoms with Crippen LogP contribution in [0.5, 0.6) is 0 Å². The van der Waals surface area contributed by atoms with Crippen molar-refractivity contribution in [1.29, 1.82) is 0 Å². The Hall–Kier alpha value is 2.89. The minimum absolute atomic E-state index is 0. The molecule has 0 aliphatic heterocycles. The van der Waals surface area contributed by atoms with Crippen LogP contribution in [0.4, 0.5) is 0 Å². The van der Waals surface area contributed by atoms with Crippen LogP contribution < -0.4 is 29.6 Å². The predicted octanol–water partition coefficient (Wildman–Crippen LogP) is -3.97. The quantitative estimate of drug-likeness (QED) is 0.292. The average molecular weight is 228 g/mol. The second-order valence-electron chi connectivity index (χ2n) is 0.513. The van der Waals surface area contributed by atoms with Crippen molar-refractivity contribution in [1.82, 2.24) is 0 Å². The minimum Gasteiger partial charge on any atom is -1.00 e. The zero-order valence-electron chi connectivity index (χ0n) is 7.21. The predicted molar refractivity (Wildman–Crippen MR) is 23.4 cm³/mol. The Kier molecular flexibility index (Phi) is 27.7. The van der Waals surface area contributed by atoms with E-state index in [1.54, 1.807) is 0 Å². The summed E-state index contributed by atoms with van der Waals surface area (Å²) >= 11 is 0. The van der Waals surface area contributed by atoms with Crippen molar-refractivity contribution >= 4 is 45.6 Å². The largest absolute Gasteiger partial charge is 2.00 e. The Morgan fingerprint density at radius 1 is 1.25 bits per heavy atom. The Morgan fingerprint density at radius 2 is 1.25 bits per heavy atom. The van der Waals surface area contributed by atoms with E-state index >= 15 is 0 Å². The fourth-order valence-corrected chi connectivity index (χ4v) is 0. The van der Waals surface area contributed by atoms with Crippen molar-refractivity contribution in [3.8, 4) is 0 Å². The van der Waals surface area contributed by atoms with E-state index in [0.29, 0.717) is 0 Å². The molecule has 0 aromatic heterocycles. The Balaban J connectivity index is -0.00000000533. The number of hydrogen-bond donors (Lipinski definition) is 3. The fraction of sp³-hybridized carbons (Fsp3) is 0. The van der Waals surface area contributed by atoms with Gasteiger partial charge in [-0.05, 0) is 0 Å². The van der Waals surface area contributed by atoms with Gasteiger partial charge in [0, 0.05) is 17.1 Å². The van der Waals surface area contributed by atoms with Gasteiger partial charge in [0.05, 0.1) is 0 Å². The number of rotatable bonds is 0. The Bertz CT molecular complexity index is 71.5. The molecule has 0 aliphatic carbocycles. The van der Waals surface area contributed by atoms with Gasteiger partial charge in [-0.25, -0.2) is 4.57 Å². The molecule has 0 bridgehead atoms. The smallest absolute Gasteiger partial charge is 1.00 e. The molecule has 0 unspecified atom stereocenters. The molecule has 0 spiro atoms. The van der Waals surface area contributed by atoms with Crippen molar-refractivity contribution in [2.75, 3.05) is 0 Å². The molecular formula is H6CaCuNaO4P. The minimum atomic E-state index is -4.64. The van der Waals surface area contributed by atoms with Crippen LogP contribution in [0.2, 0.25) is 0 Å². The summed E-state index contributed by atoms with van der Waals surface area (Å²) in [6, 6.07) is 0. The van der Waals surface area contributed by atoms with E-state index in [4.69, 9.17) is 19.2 Å². The van der Waals surface area contributed by atoms with E-state index in [-0.39, 0.29) is 88.6 Å². The summed E-state index contributed by atoms with van der Waals surface area (Å²) in [4.78, 5) is 21.6. The molecule has 0 rings (SSSR count). The van der Waals surface area contributed by atoms with Gasteiger partial charge in [0.1, 0.15) is 0 Å². The summed E-state index contributed by atoms with van der Waals surface area (Å²) in [5.74, 6) is 0. The van der Waals surface area contributed by atoms with Crippen LogP contribution in [0.15, 0.2) is 0 Å². The number of hydrogen-bond acceptors (Lipinski definition) is 1. The van der Waals surface area contributed by atoms with E-state index in [2.05, 4.69) is 0 Å². The Morgan fingerprint density at radius 3 is 1.25 bits per heavy atom. The molecule has 3 N–H and O–H groups in total. The summed E-state index contributed by atoms with van der Waals surface area (Å²) in [6.07, 6.45) is 0. The Labute approximate surface area is 114 Å². The van der Waals surface area contributed by atoms with Crippen LogP contribution in [-0.4, -0.2) is 52.4 Å². The second kappa shape index (κ2) is 9.89. The molecule has 0 heterocycles. The molecule has 0 fully saturated rings. The van der Waals surface area contributed by atoms with Gasteiger partial charge in [-0.1, -0.05) is 0 Å². The zero-order valence-corrected chi connectivity index (χ0v) is 10.3. The first-order valence-corrected chi connectivity index (χ1v) is 2.35. The molecule has 0 saturated carbocycles. The number of phosphoric acid groups is 1. The molecule has 0 amide bonds. The molecule has 0 saturated heterocycles. The molecule has 4 nitrogen and oxygen atoms in total. The second-order valence-corrected chi connectivity index (χ2v) is 1.54. The summed E-state index contributed by atoms with van der Waals surface area (Å²) in [6.45, 7) is 0. The van der Waals surface area contributed by atoms with Crippen LogP contribution in [0.1, 0.15) is 4.28 Å². The van der Waals surface area contributed by atoms with Gasteiger partial charge in [0.2, 0.25) is 0 Å². The van der Waals surface area contributed by atoms with Crippen molar-refractivity contribution in [3.05, 3.63) is 0 Å². The van der Waals surface area contributed by atoms with E-state index in [9.17, 15) is 0 Å². The van der Waals surface area contributed by atoms with Gasteiger partial charge < -0.3 is 19.0 Å². The van der Waals surface area contributed by atoms with Crippen LogP contribution in [-0.2, 0) is 21.6 Å². The molecular weight excluding hydrogens is 222 g/mol. The average Bonchev–Trinajstić information content (AvgIpc) is 0.722. The molecule has 0 atom stereocenters. The molecule has 0 aromatic carbocycles. The fourth-order valence-electron chi connectivity index (χ4n) is 0. The summed E-state index contributed by atoms with van der Waals surface area (Å²) in [5.41, 5.74) is 0. The van der Waals surface area contributed by atoms with E-state index < -0.39 is 7.82 Å². The maximum absolute atomic E-state index is 8.88. The van der Waals surface area contributed by atoms with Crippen LogP contribution in [0.3, 0.4) is 0 Å². The first kappa shape index (κ1) is 22.4. The van der Waals surface area contributed by atoms with E-state index in [1.807, 2.05) is 0 Å². The van der Waals surface area contributed by atoms with Crippen molar-refractivity contribution in [2.24, 2.45) is 0 Å². The molecule has 8 heteroatoms. The molecule has 0 aliphatic rings. The first-order chi connectivity index (χ1) is 2.00. The van der Waals surface area contributed by atoms with Crippen molar-refractivity contribution in [2.45, 2.75) is 0 Å². The monoisotopic (exact) mass is 227 g/mol. The van der Waals surface area contributed by atoms with Gasteiger partial charge in [-0.3, -0.25) is 0 Å². The SMILES string of the molecule is O=P(O)(O)O.[Ca+2].[Cu].[H-].[H-].[H-].[Na+]. The van der Waals surface area contributed by atoms with Crippen molar-refractivity contribution in [3.63, 3.8) is 0 Å². The van der Waals surface area contributed by atoms with Gasteiger partial charge in [0.25, 0.3) is 0 Å². The maximum Gasteiger partial charge on any atom is 2.00 e. The van der Waals surface area contributed by atoms with Gasteiger partial charge in [0.15, 0.2) is 0 Å². The summed E-state index contributed by atoms with van der Waals surface area (Å²) in [5, 5.41) is 0. The van der Waals surface area contributed by atoms with E-state index in [0.717, 1.165) is 0 Å². The third kappa shape index (κ3) is 66.3. The normalized spacial score (nSPS) is 7.38. The van der Waals surface area contributed by atoms with Crippen LogP contribution in [0.25, 0.3) is 0 Å². The third-order valence-electron chi connectivity index (χ3n) is 0.